The minimum absolute atomic E-state index is 0.0648. The molecular formula is C26H34NO7PS. The van der Waals surface area contributed by atoms with Gasteiger partial charge in [0.1, 0.15) is 12.6 Å². The summed E-state index contributed by atoms with van der Waals surface area (Å²) in [5.74, 6) is -1.57. The van der Waals surface area contributed by atoms with Crippen LogP contribution in [0.25, 0.3) is 11.1 Å². The van der Waals surface area contributed by atoms with Crippen LogP contribution in [0.2, 0.25) is 0 Å². The lowest BCUT2D eigenvalue weighted by Gasteiger charge is -2.39. The van der Waals surface area contributed by atoms with Gasteiger partial charge in [-0.2, -0.15) is 0 Å². The van der Waals surface area contributed by atoms with Gasteiger partial charge in [-0.05, 0) is 68.3 Å². The SMILES string of the molecule is CCOP(=O)(OCC)SC[C@@H](C(=O)O)N(C(=O)OCC1c2ccccc2-c2ccccc21)C(C)(C)C. The summed E-state index contributed by atoms with van der Waals surface area (Å²) in [7, 11) is 0. The van der Waals surface area contributed by atoms with Crippen LogP contribution < -0.4 is 0 Å². The van der Waals surface area contributed by atoms with Crippen LogP contribution in [0.4, 0.5) is 4.79 Å². The van der Waals surface area contributed by atoms with Gasteiger partial charge >= 0.3 is 18.9 Å². The minimum atomic E-state index is -3.57. The van der Waals surface area contributed by atoms with Crippen molar-refractivity contribution in [1.82, 2.24) is 4.90 Å². The Labute approximate surface area is 216 Å². The number of carbonyl (C=O) groups is 2. The fraction of sp³-hybridized carbons (Fsp3) is 0.462. The number of aliphatic carboxylic acids is 1. The Hall–Kier alpha value is -2.32. The molecule has 36 heavy (non-hydrogen) atoms. The molecule has 0 unspecified atom stereocenters. The number of rotatable bonds is 11. The minimum Gasteiger partial charge on any atom is -0.480 e. The molecule has 0 fully saturated rings. The van der Waals surface area contributed by atoms with Crippen molar-refractivity contribution in [2.45, 2.75) is 52.1 Å². The molecule has 0 saturated carbocycles. The molecule has 2 aromatic carbocycles. The summed E-state index contributed by atoms with van der Waals surface area (Å²) in [4.78, 5) is 26.9. The first-order valence-corrected chi connectivity index (χ1v) is 15.1. The van der Waals surface area contributed by atoms with Gasteiger partial charge < -0.3 is 18.9 Å². The number of hydrogen-bond acceptors (Lipinski definition) is 7. The average molecular weight is 536 g/mol. The van der Waals surface area contributed by atoms with Gasteiger partial charge in [0.2, 0.25) is 0 Å². The summed E-state index contributed by atoms with van der Waals surface area (Å²) < 4.78 is 29.2. The third-order valence-electron chi connectivity index (χ3n) is 5.82. The molecule has 8 nitrogen and oxygen atoms in total. The maximum Gasteiger partial charge on any atom is 0.411 e. The number of benzene rings is 2. The second kappa shape index (κ2) is 11.8. The standard InChI is InChI=1S/C26H34NO7PS/c1-6-33-35(31,34-7-2)36-17-23(24(28)29)27(26(3,4)5)25(30)32-16-22-20-14-10-8-12-18(20)19-13-9-11-15-21(19)22/h8-15,22-23H,6-7,16-17H2,1-5H3,(H,28,29)/t23-/m0/s1. The van der Waals surface area contributed by atoms with Crippen molar-refractivity contribution in [2.75, 3.05) is 25.6 Å². The molecule has 0 spiro atoms. The van der Waals surface area contributed by atoms with Crippen LogP contribution in [0, 0.1) is 0 Å². The molecule has 1 amide bonds. The van der Waals surface area contributed by atoms with Gasteiger partial charge in [0.15, 0.2) is 0 Å². The van der Waals surface area contributed by atoms with Gasteiger partial charge in [-0.15, -0.1) is 0 Å². The van der Waals surface area contributed by atoms with Crippen molar-refractivity contribution in [1.29, 1.82) is 0 Å². The monoisotopic (exact) mass is 535 g/mol. The van der Waals surface area contributed by atoms with Crippen molar-refractivity contribution in [2.24, 2.45) is 0 Å². The van der Waals surface area contributed by atoms with Gasteiger partial charge in [-0.25, -0.2) is 14.2 Å². The summed E-state index contributed by atoms with van der Waals surface area (Å²) in [6.07, 6.45) is -0.750. The molecule has 0 aromatic heterocycles. The molecule has 3 rings (SSSR count). The molecule has 1 aliphatic rings. The third kappa shape index (κ3) is 6.32. The van der Waals surface area contributed by atoms with Crippen molar-refractivity contribution in [3.8, 4) is 11.1 Å². The Morgan fingerprint density at radius 3 is 1.94 bits per heavy atom. The van der Waals surface area contributed by atoms with Gasteiger partial charge in [0.25, 0.3) is 0 Å². The Morgan fingerprint density at radius 1 is 1.00 bits per heavy atom. The summed E-state index contributed by atoms with van der Waals surface area (Å²) in [5.41, 5.74) is 3.45. The third-order valence-corrected chi connectivity index (χ3v) is 9.78. The highest BCUT2D eigenvalue weighted by Gasteiger charge is 2.41. The van der Waals surface area contributed by atoms with E-state index >= 15 is 0 Å². The number of nitrogens with zero attached hydrogens (tertiary/aromatic N) is 1. The van der Waals surface area contributed by atoms with Crippen molar-refractivity contribution < 1.29 is 33.0 Å². The lowest BCUT2D eigenvalue weighted by molar-refractivity contribution is -0.143. The zero-order valence-electron chi connectivity index (χ0n) is 21.3. The largest absolute Gasteiger partial charge is 0.480 e. The van der Waals surface area contributed by atoms with Crippen LogP contribution in [-0.2, 0) is 23.1 Å². The van der Waals surface area contributed by atoms with Crippen LogP contribution in [-0.4, -0.2) is 59.2 Å². The molecule has 2 aromatic rings. The normalized spacial score (nSPS) is 14.1. The summed E-state index contributed by atoms with van der Waals surface area (Å²) in [5, 5.41) is 10.0. The fourth-order valence-electron chi connectivity index (χ4n) is 4.38. The molecule has 0 bridgehead atoms. The van der Waals surface area contributed by atoms with E-state index in [0.29, 0.717) is 0 Å². The molecule has 1 N–H and O–H groups in total. The number of amides is 1. The summed E-state index contributed by atoms with van der Waals surface area (Å²) in [6.45, 7) is 5.37. The van der Waals surface area contributed by atoms with E-state index in [4.69, 9.17) is 13.8 Å². The number of hydrogen-bond donors (Lipinski definition) is 1. The Morgan fingerprint density at radius 2 is 1.50 bits per heavy atom. The highest BCUT2D eigenvalue weighted by atomic mass is 32.7. The molecule has 0 radical (unpaired) electrons. The zero-order valence-corrected chi connectivity index (χ0v) is 23.0. The quantitative estimate of drug-likeness (QED) is 0.330. The lowest BCUT2D eigenvalue weighted by Crippen LogP contribution is -2.56. The van der Waals surface area contributed by atoms with Gasteiger partial charge in [-0.1, -0.05) is 48.5 Å². The van der Waals surface area contributed by atoms with E-state index in [1.54, 1.807) is 34.6 Å². The average Bonchev–Trinajstić information content (AvgIpc) is 3.13. The van der Waals surface area contributed by atoms with E-state index in [1.165, 1.54) is 4.90 Å². The molecule has 0 aliphatic heterocycles. The molecule has 10 heteroatoms. The molecule has 0 heterocycles. The first kappa shape index (κ1) is 28.3. The van der Waals surface area contributed by atoms with Gasteiger partial charge in [-0.3, -0.25) is 4.90 Å². The van der Waals surface area contributed by atoms with E-state index in [0.717, 1.165) is 33.6 Å². The Balaban J connectivity index is 1.81. The molecule has 196 valence electrons. The summed E-state index contributed by atoms with van der Waals surface area (Å²) in [6, 6.07) is 14.7. The van der Waals surface area contributed by atoms with Crippen LogP contribution in [0.3, 0.4) is 0 Å². The Bertz CT molecular complexity index is 1080. The number of carboxylic acid groups (broad SMARTS) is 1. The number of carboxylic acids is 1. The number of carbonyl (C=O) groups excluding carboxylic acids is 1. The predicted octanol–water partition coefficient (Wildman–Crippen LogP) is 6.40. The summed E-state index contributed by atoms with van der Waals surface area (Å²) >= 11 is 0.777. The topological polar surface area (TPSA) is 102 Å². The highest BCUT2D eigenvalue weighted by molar-refractivity contribution is 8.55. The first-order chi connectivity index (χ1) is 17.0. The maximum atomic E-state index is 13.4. The smallest absolute Gasteiger partial charge is 0.411 e. The number of ether oxygens (including phenoxy) is 1. The van der Waals surface area contributed by atoms with E-state index in [-0.39, 0.29) is 31.5 Å². The molecular weight excluding hydrogens is 501 g/mol. The van der Waals surface area contributed by atoms with Crippen LogP contribution in [0.15, 0.2) is 48.5 Å². The second-order valence-corrected chi connectivity index (χ2v) is 13.4. The lowest BCUT2D eigenvalue weighted by atomic mass is 9.98. The highest BCUT2D eigenvalue weighted by Crippen LogP contribution is 2.60. The predicted molar refractivity (Wildman–Crippen MR) is 141 cm³/mol. The zero-order chi connectivity index (χ0) is 26.5. The van der Waals surface area contributed by atoms with E-state index in [9.17, 15) is 19.3 Å². The van der Waals surface area contributed by atoms with Gasteiger partial charge in [0, 0.05) is 17.2 Å². The van der Waals surface area contributed by atoms with Crippen molar-refractivity contribution in [3.63, 3.8) is 0 Å². The maximum absolute atomic E-state index is 13.4. The van der Waals surface area contributed by atoms with E-state index in [1.807, 2.05) is 48.5 Å². The molecule has 1 atom stereocenters. The van der Waals surface area contributed by atoms with E-state index < -0.39 is 30.4 Å². The van der Waals surface area contributed by atoms with Crippen LogP contribution in [0.5, 0.6) is 0 Å². The van der Waals surface area contributed by atoms with E-state index in [2.05, 4.69) is 0 Å². The molecule has 1 aliphatic carbocycles. The molecule has 0 saturated heterocycles. The van der Waals surface area contributed by atoms with Gasteiger partial charge in [0.05, 0.1) is 13.2 Å². The van der Waals surface area contributed by atoms with Crippen LogP contribution in [0.1, 0.15) is 51.7 Å². The second-order valence-electron chi connectivity index (χ2n) is 9.28. The number of fused-ring (bicyclic) bond motifs is 3. The fourth-order valence-corrected chi connectivity index (χ4v) is 7.90. The first-order valence-electron chi connectivity index (χ1n) is 11.9. The Kier molecular flexibility index (Phi) is 9.28. The van der Waals surface area contributed by atoms with Crippen LogP contribution >= 0.6 is 18.2 Å². The van der Waals surface area contributed by atoms with Crippen molar-refractivity contribution >= 4 is 30.2 Å². The van der Waals surface area contributed by atoms with Crippen molar-refractivity contribution in [3.05, 3.63) is 59.7 Å².